The standard InChI is InChI=1S/C14H20N4O2S/c1-2-15-12-13-4-6-14(7-5-13)21(19,20)17-9-11-18-10-3-8-16-18/h3-8,10,15,17H,2,9,11-12H2,1H3. The van der Waals surface area contributed by atoms with Gasteiger partial charge in [-0.3, -0.25) is 4.68 Å². The van der Waals surface area contributed by atoms with Crippen LogP contribution in [0.15, 0.2) is 47.6 Å². The van der Waals surface area contributed by atoms with E-state index in [0.717, 1.165) is 18.7 Å². The SMILES string of the molecule is CCNCc1ccc(S(=O)(=O)NCCn2cccn2)cc1. The first-order valence-corrected chi connectivity index (χ1v) is 8.37. The fourth-order valence-corrected chi connectivity index (χ4v) is 2.89. The summed E-state index contributed by atoms with van der Waals surface area (Å²) < 4.78 is 28.5. The van der Waals surface area contributed by atoms with Gasteiger partial charge < -0.3 is 5.32 Å². The van der Waals surface area contributed by atoms with E-state index in [2.05, 4.69) is 15.1 Å². The van der Waals surface area contributed by atoms with Gasteiger partial charge >= 0.3 is 0 Å². The van der Waals surface area contributed by atoms with Crippen LogP contribution in [0.3, 0.4) is 0 Å². The Kier molecular flexibility index (Phi) is 5.49. The monoisotopic (exact) mass is 308 g/mol. The number of aromatic nitrogens is 2. The van der Waals surface area contributed by atoms with Gasteiger partial charge in [0.2, 0.25) is 10.0 Å². The highest BCUT2D eigenvalue weighted by atomic mass is 32.2. The summed E-state index contributed by atoms with van der Waals surface area (Å²) in [6.07, 6.45) is 3.46. The summed E-state index contributed by atoms with van der Waals surface area (Å²) in [6, 6.07) is 8.71. The Labute approximate surface area is 125 Å². The van der Waals surface area contributed by atoms with Crippen molar-refractivity contribution in [2.24, 2.45) is 0 Å². The van der Waals surface area contributed by atoms with Crippen molar-refractivity contribution in [2.45, 2.75) is 24.9 Å². The predicted octanol–water partition coefficient (Wildman–Crippen LogP) is 0.971. The first-order chi connectivity index (χ1) is 10.1. The maximum absolute atomic E-state index is 12.1. The summed E-state index contributed by atoms with van der Waals surface area (Å²) in [5.74, 6) is 0. The number of nitrogens with zero attached hydrogens (tertiary/aromatic N) is 2. The minimum Gasteiger partial charge on any atom is -0.313 e. The van der Waals surface area contributed by atoms with Gasteiger partial charge in [-0.1, -0.05) is 19.1 Å². The molecule has 0 aliphatic carbocycles. The summed E-state index contributed by atoms with van der Waals surface area (Å²) in [4.78, 5) is 0.281. The summed E-state index contributed by atoms with van der Waals surface area (Å²) in [7, 11) is -3.46. The van der Waals surface area contributed by atoms with Crippen LogP contribution in [0.25, 0.3) is 0 Å². The minimum atomic E-state index is -3.46. The van der Waals surface area contributed by atoms with Gasteiger partial charge in [0.1, 0.15) is 0 Å². The third-order valence-corrected chi connectivity index (χ3v) is 4.48. The maximum Gasteiger partial charge on any atom is 0.240 e. The zero-order valence-corrected chi connectivity index (χ0v) is 12.8. The molecule has 114 valence electrons. The molecule has 7 heteroatoms. The van der Waals surface area contributed by atoms with Crippen molar-refractivity contribution in [1.29, 1.82) is 0 Å². The largest absolute Gasteiger partial charge is 0.313 e. The van der Waals surface area contributed by atoms with Crippen molar-refractivity contribution in [1.82, 2.24) is 19.8 Å². The molecule has 0 bridgehead atoms. The van der Waals surface area contributed by atoms with E-state index in [1.807, 2.05) is 19.1 Å². The van der Waals surface area contributed by atoms with E-state index in [0.29, 0.717) is 13.1 Å². The fourth-order valence-electron chi connectivity index (χ4n) is 1.87. The molecule has 1 aromatic carbocycles. The Morgan fingerprint density at radius 2 is 2.00 bits per heavy atom. The highest BCUT2D eigenvalue weighted by Crippen LogP contribution is 2.10. The van der Waals surface area contributed by atoms with E-state index in [4.69, 9.17) is 0 Å². The van der Waals surface area contributed by atoms with Gasteiger partial charge in [0, 0.05) is 25.5 Å². The first-order valence-electron chi connectivity index (χ1n) is 6.88. The van der Waals surface area contributed by atoms with Crippen LogP contribution in [0.1, 0.15) is 12.5 Å². The molecule has 0 saturated heterocycles. The van der Waals surface area contributed by atoms with Crippen LogP contribution in [-0.2, 0) is 23.1 Å². The fraction of sp³-hybridized carbons (Fsp3) is 0.357. The van der Waals surface area contributed by atoms with E-state index < -0.39 is 10.0 Å². The maximum atomic E-state index is 12.1. The summed E-state index contributed by atoms with van der Waals surface area (Å²) >= 11 is 0. The quantitative estimate of drug-likeness (QED) is 0.762. The van der Waals surface area contributed by atoms with Crippen LogP contribution >= 0.6 is 0 Å². The van der Waals surface area contributed by atoms with Gasteiger partial charge in [0.05, 0.1) is 11.4 Å². The van der Waals surface area contributed by atoms with Crippen LogP contribution in [0.5, 0.6) is 0 Å². The summed E-state index contributed by atoms with van der Waals surface area (Å²) in [6.45, 7) is 4.47. The zero-order valence-electron chi connectivity index (χ0n) is 12.0. The molecule has 0 atom stereocenters. The van der Waals surface area contributed by atoms with Crippen molar-refractivity contribution in [2.75, 3.05) is 13.1 Å². The number of sulfonamides is 1. The van der Waals surface area contributed by atoms with E-state index >= 15 is 0 Å². The molecule has 0 aliphatic rings. The second kappa shape index (κ2) is 7.35. The van der Waals surface area contributed by atoms with Crippen LogP contribution < -0.4 is 10.0 Å². The molecule has 0 spiro atoms. The first kappa shape index (κ1) is 15.7. The van der Waals surface area contributed by atoms with Crippen LogP contribution in [0.4, 0.5) is 0 Å². The Balaban J connectivity index is 1.92. The highest BCUT2D eigenvalue weighted by Gasteiger charge is 2.12. The molecule has 2 aromatic rings. The van der Waals surface area contributed by atoms with Crippen molar-refractivity contribution < 1.29 is 8.42 Å². The van der Waals surface area contributed by atoms with Crippen molar-refractivity contribution in [3.8, 4) is 0 Å². The molecule has 0 saturated carbocycles. The molecule has 0 aliphatic heterocycles. The Bertz CT molecular complexity index is 636. The third-order valence-electron chi connectivity index (χ3n) is 3.00. The topological polar surface area (TPSA) is 76.0 Å². The van der Waals surface area contributed by atoms with Gasteiger partial charge in [-0.25, -0.2) is 13.1 Å². The highest BCUT2D eigenvalue weighted by molar-refractivity contribution is 7.89. The Morgan fingerprint density at radius 1 is 1.24 bits per heavy atom. The van der Waals surface area contributed by atoms with E-state index in [1.165, 1.54) is 0 Å². The predicted molar refractivity (Wildman–Crippen MR) is 81.2 cm³/mol. The second-order valence-corrected chi connectivity index (χ2v) is 6.36. The lowest BCUT2D eigenvalue weighted by Crippen LogP contribution is -2.27. The smallest absolute Gasteiger partial charge is 0.240 e. The second-order valence-electron chi connectivity index (χ2n) is 4.59. The molecular formula is C14H20N4O2S. The molecular weight excluding hydrogens is 288 g/mol. The van der Waals surface area contributed by atoms with Gasteiger partial charge in [-0.05, 0) is 30.3 Å². The summed E-state index contributed by atoms with van der Waals surface area (Å²) in [5, 5.41) is 7.22. The average molecular weight is 308 g/mol. The van der Waals surface area contributed by atoms with Crippen LogP contribution in [-0.4, -0.2) is 31.3 Å². The molecule has 2 rings (SSSR count). The molecule has 0 radical (unpaired) electrons. The normalized spacial score (nSPS) is 11.7. The Hall–Kier alpha value is -1.70. The number of rotatable bonds is 8. The zero-order chi connectivity index (χ0) is 15.1. The lowest BCUT2D eigenvalue weighted by Gasteiger charge is -2.08. The van der Waals surface area contributed by atoms with E-state index in [9.17, 15) is 8.42 Å². The minimum absolute atomic E-state index is 0.281. The van der Waals surface area contributed by atoms with Crippen LogP contribution in [0, 0.1) is 0 Å². The number of hydrogen-bond donors (Lipinski definition) is 2. The molecule has 0 unspecified atom stereocenters. The Morgan fingerprint density at radius 3 is 2.62 bits per heavy atom. The molecule has 2 N–H and O–H groups in total. The van der Waals surface area contributed by atoms with Gasteiger partial charge in [-0.15, -0.1) is 0 Å². The number of hydrogen-bond acceptors (Lipinski definition) is 4. The molecule has 6 nitrogen and oxygen atoms in total. The third kappa shape index (κ3) is 4.66. The van der Waals surface area contributed by atoms with E-state index in [1.54, 1.807) is 35.3 Å². The van der Waals surface area contributed by atoms with Crippen molar-refractivity contribution >= 4 is 10.0 Å². The lowest BCUT2D eigenvalue weighted by molar-refractivity contribution is 0.561. The number of benzene rings is 1. The molecule has 21 heavy (non-hydrogen) atoms. The van der Waals surface area contributed by atoms with Crippen molar-refractivity contribution in [3.05, 3.63) is 48.3 Å². The molecule has 0 amide bonds. The lowest BCUT2D eigenvalue weighted by atomic mass is 10.2. The average Bonchev–Trinajstić information content (AvgIpc) is 2.98. The molecule has 1 aromatic heterocycles. The number of nitrogens with one attached hydrogen (secondary N) is 2. The van der Waals surface area contributed by atoms with Gasteiger partial charge in [0.15, 0.2) is 0 Å². The molecule has 0 fully saturated rings. The van der Waals surface area contributed by atoms with Crippen LogP contribution in [0.2, 0.25) is 0 Å². The van der Waals surface area contributed by atoms with Crippen molar-refractivity contribution in [3.63, 3.8) is 0 Å². The molecule has 1 heterocycles. The van der Waals surface area contributed by atoms with E-state index in [-0.39, 0.29) is 4.90 Å². The summed E-state index contributed by atoms with van der Waals surface area (Å²) in [5.41, 5.74) is 1.06. The van der Waals surface area contributed by atoms with Gasteiger partial charge in [0.25, 0.3) is 0 Å². The van der Waals surface area contributed by atoms with Gasteiger partial charge in [-0.2, -0.15) is 5.10 Å².